The lowest BCUT2D eigenvalue weighted by Gasteiger charge is -2.22. The molecule has 0 spiro atoms. The molecule has 0 fully saturated rings. The largest absolute Gasteiger partial charge is 0.444 e. The minimum atomic E-state index is -0.848. The van der Waals surface area contributed by atoms with E-state index in [0.29, 0.717) is 10.6 Å². The van der Waals surface area contributed by atoms with Gasteiger partial charge in [-0.15, -0.1) is 0 Å². The summed E-state index contributed by atoms with van der Waals surface area (Å²) in [6, 6.07) is 16.1. The topological polar surface area (TPSA) is 64.6 Å². The first-order valence-electron chi connectivity index (χ1n) is 8.67. The predicted molar refractivity (Wildman–Crippen MR) is 105 cm³/mol. The molecule has 0 radical (unpaired) electrons. The van der Waals surface area contributed by atoms with Gasteiger partial charge in [0.25, 0.3) is 0 Å². The molecule has 0 aliphatic carbocycles. The van der Waals surface area contributed by atoms with E-state index in [-0.39, 0.29) is 18.9 Å². The van der Waals surface area contributed by atoms with E-state index >= 15 is 0 Å². The molecule has 2 aromatic rings. The molecule has 5 nitrogen and oxygen atoms in total. The summed E-state index contributed by atoms with van der Waals surface area (Å²) in [6.07, 6.45) is -1.45. The molecule has 0 aromatic heterocycles. The molecule has 144 valence electrons. The van der Waals surface area contributed by atoms with Crippen molar-refractivity contribution in [3.8, 4) is 0 Å². The zero-order valence-corrected chi connectivity index (χ0v) is 16.5. The van der Waals surface area contributed by atoms with E-state index in [2.05, 4.69) is 5.32 Å². The molecule has 6 heteroatoms. The maximum atomic E-state index is 12.8. The molecule has 0 heterocycles. The van der Waals surface area contributed by atoms with Crippen molar-refractivity contribution >= 4 is 23.5 Å². The van der Waals surface area contributed by atoms with E-state index < -0.39 is 17.8 Å². The predicted octanol–water partition coefficient (Wildman–Crippen LogP) is 4.63. The van der Waals surface area contributed by atoms with Gasteiger partial charge in [-0.3, -0.25) is 4.79 Å². The van der Waals surface area contributed by atoms with Crippen LogP contribution in [0.4, 0.5) is 4.79 Å². The molecule has 1 unspecified atom stereocenters. The Hall–Kier alpha value is -2.37. The van der Waals surface area contributed by atoms with Crippen molar-refractivity contribution in [2.24, 2.45) is 0 Å². The van der Waals surface area contributed by atoms with E-state index in [9.17, 15) is 9.59 Å². The van der Waals surface area contributed by atoms with Gasteiger partial charge in [-0.25, -0.2) is 4.79 Å². The summed E-state index contributed by atoms with van der Waals surface area (Å²) in [7, 11) is 0. The van der Waals surface area contributed by atoms with Gasteiger partial charge in [-0.2, -0.15) is 0 Å². The van der Waals surface area contributed by atoms with Crippen molar-refractivity contribution in [2.45, 2.75) is 39.1 Å². The van der Waals surface area contributed by atoms with Gasteiger partial charge in [0.1, 0.15) is 11.7 Å². The Morgan fingerprint density at radius 2 is 1.67 bits per heavy atom. The molecule has 0 saturated carbocycles. The Bertz CT molecular complexity index is 754. The number of benzene rings is 2. The number of amides is 1. The fourth-order valence-electron chi connectivity index (χ4n) is 2.29. The second kappa shape index (κ2) is 9.53. The van der Waals surface area contributed by atoms with Crippen LogP contribution in [0, 0.1) is 0 Å². The van der Waals surface area contributed by atoms with Crippen molar-refractivity contribution in [1.82, 2.24) is 5.32 Å². The maximum absolute atomic E-state index is 12.8. The van der Waals surface area contributed by atoms with Gasteiger partial charge in [-0.05, 0) is 50.6 Å². The van der Waals surface area contributed by atoms with Crippen molar-refractivity contribution in [3.63, 3.8) is 0 Å². The molecule has 2 rings (SSSR count). The second-order valence-corrected chi connectivity index (χ2v) is 7.48. The number of Topliss-reactive ketones (excluding diaryl/α,β-unsaturated/α-hetero) is 1. The summed E-state index contributed by atoms with van der Waals surface area (Å²) in [6.45, 7) is 5.57. The Balaban J connectivity index is 2.06. The highest BCUT2D eigenvalue weighted by molar-refractivity contribution is 6.30. The Kier molecular flexibility index (Phi) is 7.39. The van der Waals surface area contributed by atoms with Gasteiger partial charge in [0.15, 0.2) is 5.78 Å². The lowest BCUT2D eigenvalue weighted by Crippen LogP contribution is -2.41. The van der Waals surface area contributed by atoms with Crippen molar-refractivity contribution in [1.29, 1.82) is 0 Å². The molecule has 0 saturated heterocycles. The standard InChI is InChI=1S/C21H24ClNO4/c1-21(2,3)27-20(25)23-13-18(26-14-15-7-5-4-6-8-15)19(24)16-9-11-17(22)12-10-16/h4-12,18H,13-14H2,1-3H3,(H,23,25). The quantitative estimate of drug-likeness (QED) is 0.701. The van der Waals surface area contributed by atoms with Crippen LogP contribution in [0.1, 0.15) is 36.7 Å². The maximum Gasteiger partial charge on any atom is 0.407 e. The van der Waals surface area contributed by atoms with Crippen molar-refractivity contribution in [2.75, 3.05) is 6.54 Å². The normalized spacial score (nSPS) is 12.3. The van der Waals surface area contributed by atoms with Gasteiger partial charge in [0, 0.05) is 10.6 Å². The molecule has 1 atom stereocenters. The van der Waals surface area contributed by atoms with Gasteiger partial charge in [-0.1, -0.05) is 41.9 Å². The molecule has 2 aromatic carbocycles. The molecule has 1 N–H and O–H groups in total. The third-order valence-corrected chi connectivity index (χ3v) is 3.80. The SMILES string of the molecule is CC(C)(C)OC(=O)NCC(OCc1ccccc1)C(=O)c1ccc(Cl)cc1. The fourth-order valence-corrected chi connectivity index (χ4v) is 2.41. The number of nitrogens with one attached hydrogen (secondary N) is 1. The van der Waals surface area contributed by atoms with E-state index in [1.165, 1.54) is 0 Å². The molecule has 0 bridgehead atoms. The summed E-state index contributed by atoms with van der Waals surface area (Å²) in [4.78, 5) is 24.7. The van der Waals surface area contributed by atoms with Gasteiger partial charge >= 0.3 is 6.09 Å². The summed E-state index contributed by atoms with van der Waals surface area (Å²) < 4.78 is 11.0. The van der Waals surface area contributed by atoms with Gasteiger partial charge < -0.3 is 14.8 Å². The van der Waals surface area contributed by atoms with Crippen molar-refractivity contribution in [3.05, 3.63) is 70.7 Å². The number of hydrogen-bond donors (Lipinski definition) is 1. The number of hydrogen-bond acceptors (Lipinski definition) is 4. The van der Waals surface area contributed by atoms with Crippen LogP contribution >= 0.6 is 11.6 Å². The lowest BCUT2D eigenvalue weighted by atomic mass is 10.1. The summed E-state index contributed by atoms with van der Waals surface area (Å²) in [5.74, 6) is -0.237. The Morgan fingerprint density at radius 1 is 1.04 bits per heavy atom. The number of alkyl carbamates (subject to hydrolysis) is 1. The number of rotatable bonds is 7. The first-order valence-corrected chi connectivity index (χ1v) is 9.04. The monoisotopic (exact) mass is 389 g/mol. The second-order valence-electron chi connectivity index (χ2n) is 7.04. The van der Waals surface area contributed by atoms with Crippen LogP contribution in [0.2, 0.25) is 5.02 Å². The molecular weight excluding hydrogens is 366 g/mol. The van der Waals surface area contributed by atoms with E-state index in [0.717, 1.165) is 5.56 Å². The molecule has 1 amide bonds. The number of halogens is 1. The number of carbonyl (C=O) groups excluding carboxylic acids is 2. The van der Waals surface area contributed by atoms with Crippen LogP contribution < -0.4 is 5.32 Å². The first-order chi connectivity index (χ1) is 12.7. The molecular formula is C21H24ClNO4. The zero-order chi connectivity index (χ0) is 19.9. The van der Waals surface area contributed by atoms with Crippen molar-refractivity contribution < 1.29 is 19.1 Å². The summed E-state index contributed by atoms with van der Waals surface area (Å²) in [5, 5.41) is 3.15. The summed E-state index contributed by atoms with van der Waals surface area (Å²) >= 11 is 5.89. The third kappa shape index (κ3) is 7.41. The minimum absolute atomic E-state index is 0.00318. The van der Waals surface area contributed by atoms with E-state index in [1.807, 2.05) is 30.3 Å². The van der Waals surface area contributed by atoms with Crippen LogP contribution in [0.5, 0.6) is 0 Å². The Labute approximate surface area is 164 Å². The van der Waals surface area contributed by atoms with Gasteiger partial charge in [0.05, 0.1) is 13.2 Å². The van der Waals surface area contributed by atoms with E-state index in [1.54, 1.807) is 45.0 Å². The molecule has 0 aliphatic rings. The van der Waals surface area contributed by atoms with Crippen LogP contribution in [0.15, 0.2) is 54.6 Å². The summed E-state index contributed by atoms with van der Waals surface area (Å²) in [5.41, 5.74) is 0.775. The minimum Gasteiger partial charge on any atom is -0.444 e. The van der Waals surface area contributed by atoms with Gasteiger partial charge in [0.2, 0.25) is 0 Å². The van der Waals surface area contributed by atoms with E-state index in [4.69, 9.17) is 21.1 Å². The lowest BCUT2D eigenvalue weighted by molar-refractivity contribution is 0.0274. The van der Waals surface area contributed by atoms with Crippen LogP contribution in [-0.2, 0) is 16.1 Å². The highest BCUT2D eigenvalue weighted by atomic mass is 35.5. The smallest absolute Gasteiger partial charge is 0.407 e. The zero-order valence-electron chi connectivity index (χ0n) is 15.7. The molecule has 0 aliphatic heterocycles. The average Bonchev–Trinajstić information content (AvgIpc) is 2.61. The number of ether oxygens (including phenoxy) is 2. The number of carbonyl (C=O) groups is 2. The Morgan fingerprint density at radius 3 is 2.26 bits per heavy atom. The van der Waals surface area contributed by atoms with Crippen LogP contribution in [0.3, 0.4) is 0 Å². The fraction of sp³-hybridized carbons (Fsp3) is 0.333. The van der Waals surface area contributed by atoms with Crippen LogP contribution in [-0.4, -0.2) is 30.1 Å². The first kappa shape index (κ1) is 20.9. The average molecular weight is 390 g/mol. The highest BCUT2D eigenvalue weighted by Gasteiger charge is 2.23. The number of ketones is 1. The highest BCUT2D eigenvalue weighted by Crippen LogP contribution is 2.14. The third-order valence-electron chi connectivity index (χ3n) is 3.55. The molecule has 27 heavy (non-hydrogen) atoms. The van der Waals surface area contributed by atoms with Crippen LogP contribution in [0.25, 0.3) is 0 Å².